The Kier molecular flexibility index (Phi) is 6.61. The summed E-state index contributed by atoms with van der Waals surface area (Å²) >= 11 is 0. The molecule has 2 heterocycles. The second-order valence-corrected chi connectivity index (χ2v) is 12.1. The number of aromatic amines is 2. The van der Waals surface area contributed by atoms with E-state index in [4.69, 9.17) is 9.47 Å². The highest BCUT2D eigenvalue weighted by Crippen LogP contribution is 2.38. The first-order chi connectivity index (χ1) is 19.6. The molecule has 1 atom stereocenters. The van der Waals surface area contributed by atoms with Gasteiger partial charge >= 0.3 is 5.97 Å². The molecule has 5 aromatic rings. The fourth-order valence-electron chi connectivity index (χ4n) is 5.37. The summed E-state index contributed by atoms with van der Waals surface area (Å²) in [6.07, 6.45) is 5.87. The van der Waals surface area contributed by atoms with Crippen LogP contribution < -0.4 is 4.74 Å². The number of nitrogens with one attached hydrogen (secondary N) is 2. The Morgan fingerprint density at radius 2 is 1.85 bits per heavy atom. The van der Waals surface area contributed by atoms with Gasteiger partial charge in [-0.15, -0.1) is 0 Å². The van der Waals surface area contributed by atoms with E-state index in [9.17, 15) is 17.6 Å². The number of H-pyrrole nitrogens is 2. The van der Waals surface area contributed by atoms with Crippen molar-refractivity contribution in [1.82, 2.24) is 15.0 Å². The van der Waals surface area contributed by atoms with Crippen molar-refractivity contribution in [2.45, 2.75) is 24.2 Å². The van der Waals surface area contributed by atoms with Gasteiger partial charge in [-0.25, -0.2) is 22.2 Å². The Morgan fingerprint density at radius 1 is 1.05 bits per heavy atom. The average Bonchev–Trinajstić information content (AvgIpc) is 3.68. The van der Waals surface area contributed by atoms with Gasteiger partial charge in [0.25, 0.3) is 0 Å². The second kappa shape index (κ2) is 10.2. The van der Waals surface area contributed by atoms with Crippen LogP contribution in [0.5, 0.6) is 11.5 Å². The summed E-state index contributed by atoms with van der Waals surface area (Å²) < 4.78 is 65.7. The number of esters is 1. The van der Waals surface area contributed by atoms with Crippen LogP contribution in [0, 0.1) is 17.6 Å². The lowest BCUT2D eigenvalue weighted by Crippen LogP contribution is -2.15. The molecular formula is C30H25F2N3O5S. The third-order valence-electron chi connectivity index (χ3n) is 7.26. The molecule has 0 radical (unpaired) electrons. The Bertz CT molecular complexity index is 1930. The van der Waals surface area contributed by atoms with E-state index in [0.717, 1.165) is 40.8 Å². The molecule has 2 N–H and O–H groups in total. The van der Waals surface area contributed by atoms with Crippen LogP contribution in [0.1, 0.15) is 22.4 Å². The molecule has 8 nitrogen and oxygen atoms in total. The van der Waals surface area contributed by atoms with E-state index in [0.29, 0.717) is 24.8 Å². The molecule has 0 saturated heterocycles. The zero-order valence-electron chi connectivity index (χ0n) is 22.1. The highest BCUT2D eigenvalue weighted by molar-refractivity contribution is 7.91. The number of benzene rings is 3. The van der Waals surface area contributed by atoms with Crippen molar-refractivity contribution in [1.29, 1.82) is 0 Å². The predicted octanol–water partition coefficient (Wildman–Crippen LogP) is 5.51. The van der Waals surface area contributed by atoms with Crippen LogP contribution in [0.2, 0.25) is 0 Å². The largest absolute Gasteiger partial charge is 0.469 e. The van der Waals surface area contributed by atoms with E-state index in [1.807, 2.05) is 12.1 Å². The van der Waals surface area contributed by atoms with E-state index in [1.54, 1.807) is 6.20 Å². The maximum atomic E-state index is 15.0. The maximum absolute atomic E-state index is 15.0. The number of rotatable bonds is 7. The van der Waals surface area contributed by atoms with Crippen molar-refractivity contribution in [3.8, 4) is 22.9 Å². The van der Waals surface area contributed by atoms with Gasteiger partial charge in [-0.05, 0) is 53.8 Å². The number of aromatic nitrogens is 3. The van der Waals surface area contributed by atoms with Crippen LogP contribution in [0.4, 0.5) is 8.78 Å². The van der Waals surface area contributed by atoms with Crippen molar-refractivity contribution >= 4 is 26.7 Å². The minimum Gasteiger partial charge on any atom is -0.469 e. The first-order valence-electron chi connectivity index (χ1n) is 12.8. The molecule has 2 aromatic heterocycles. The van der Waals surface area contributed by atoms with Crippen molar-refractivity contribution in [3.05, 3.63) is 94.9 Å². The third-order valence-corrected chi connectivity index (χ3v) is 8.41. The number of halogens is 2. The van der Waals surface area contributed by atoms with Gasteiger partial charge in [-0.2, -0.15) is 0 Å². The lowest BCUT2D eigenvalue weighted by Gasteiger charge is -2.13. The number of imidazole rings is 1. The molecule has 0 fully saturated rings. The molecule has 1 aliphatic carbocycles. The summed E-state index contributed by atoms with van der Waals surface area (Å²) in [7, 11) is -2.49. The molecule has 3 aromatic carbocycles. The first kappa shape index (κ1) is 26.7. The molecule has 0 spiro atoms. The van der Waals surface area contributed by atoms with E-state index in [-0.39, 0.29) is 39.3 Å². The summed E-state index contributed by atoms with van der Waals surface area (Å²) in [6, 6.07) is 12.5. The highest BCUT2D eigenvalue weighted by Gasteiger charge is 2.28. The van der Waals surface area contributed by atoms with Crippen LogP contribution in [0.15, 0.2) is 65.8 Å². The molecule has 0 aliphatic heterocycles. The number of hydrogen-bond donors (Lipinski definition) is 2. The summed E-state index contributed by atoms with van der Waals surface area (Å²) in [6.45, 7) is 0. The van der Waals surface area contributed by atoms with Crippen LogP contribution in [-0.4, -0.2) is 42.7 Å². The smallest absolute Gasteiger partial charge is 0.309 e. The quantitative estimate of drug-likeness (QED) is 0.247. The zero-order valence-corrected chi connectivity index (χ0v) is 22.9. The molecule has 11 heteroatoms. The molecule has 0 bridgehead atoms. The van der Waals surface area contributed by atoms with Crippen molar-refractivity contribution in [2.24, 2.45) is 5.92 Å². The van der Waals surface area contributed by atoms with Crippen molar-refractivity contribution < 1.29 is 31.5 Å². The van der Waals surface area contributed by atoms with Gasteiger partial charge in [-0.1, -0.05) is 18.2 Å². The second-order valence-electron chi connectivity index (χ2n) is 10.1. The van der Waals surface area contributed by atoms with E-state index in [2.05, 4.69) is 21.0 Å². The van der Waals surface area contributed by atoms with Crippen LogP contribution in [0.25, 0.3) is 22.3 Å². The molecule has 1 aliphatic rings. The Hall–Kier alpha value is -4.51. The van der Waals surface area contributed by atoms with Crippen LogP contribution >= 0.6 is 0 Å². The van der Waals surface area contributed by atoms with Gasteiger partial charge in [0.1, 0.15) is 22.3 Å². The minimum atomic E-state index is -3.88. The normalized spacial score (nSPS) is 14.8. The standard InChI is InChI=1S/C30H25F2N3O5S/c1-39-30(36)19-11-17-4-3-16(9-18(17)12-19)10-20-15-34-29(35-20)23-13-21(5-6-24(23)31)40-27-25(32)14-26-22(7-8-33-26)28(27)41(2,37)38/h3-9,13-15,19,33H,10-12H2,1-2H3,(H,34,35). The van der Waals surface area contributed by atoms with Crippen molar-refractivity contribution in [3.63, 3.8) is 0 Å². The summed E-state index contributed by atoms with van der Waals surface area (Å²) in [5.74, 6) is -2.05. The van der Waals surface area contributed by atoms with E-state index < -0.39 is 27.2 Å². The third kappa shape index (κ3) is 5.08. The van der Waals surface area contributed by atoms with Gasteiger partial charge < -0.3 is 19.4 Å². The van der Waals surface area contributed by atoms with Crippen molar-refractivity contribution in [2.75, 3.05) is 13.4 Å². The van der Waals surface area contributed by atoms with Gasteiger partial charge in [0.2, 0.25) is 0 Å². The number of carbonyl (C=O) groups is 1. The van der Waals surface area contributed by atoms with Gasteiger partial charge in [0.15, 0.2) is 21.4 Å². The average molecular weight is 578 g/mol. The Morgan fingerprint density at radius 3 is 2.63 bits per heavy atom. The highest BCUT2D eigenvalue weighted by atomic mass is 32.2. The van der Waals surface area contributed by atoms with Gasteiger partial charge in [0.05, 0.1) is 18.6 Å². The number of ether oxygens (including phenoxy) is 2. The fourth-order valence-corrected chi connectivity index (χ4v) is 6.43. The molecule has 1 unspecified atom stereocenters. The number of fused-ring (bicyclic) bond motifs is 2. The lowest BCUT2D eigenvalue weighted by molar-refractivity contribution is -0.145. The maximum Gasteiger partial charge on any atom is 0.309 e. The summed E-state index contributed by atoms with van der Waals surface area (Å²) in [5.41, 5.74) is 4.35. The number of carbonyl (C=O) groups excluding carboxylic acids is 1. The Labute approximate surface area is 234 Å². The van der Waals surface area contributed by atoms with E-state index >= 15 is 4.39 Å². The minimum absolute atomic E-state index is 0.0387. The monoisotopic (exact) mass is 577 g/mol. The predicted molar refractivity (Wildman–Crippen MR) is 148 cm³/mol. The molecule has 0 saturated carbocycles. The first-order valence-corrected chi connectivity index (χ1v) is 14.7. The molecule has 6 rings (SSSR count). The summed E-state index contributed by atoms with van der Waals surface area (Å²) in [5, 5.41) is 0.286. The molecule has 41 heavy (non-hydrogen) atoms. The number of nitrogens with zero attached hydrogens (tertiary/aromatic N) is 1. The fraction of sp³-hybridized carbons (Fsp3) is 0.200. The zero-order chi connectivity index (χ0) is 28.9. The lowest BCUT2D eigenvalue weighted by atomic mass is 10.0. The van der Waals surface area contributed by atoms with Crippen LogP contribution in [0.3, 0.4) is 0 Å². The molecule has 210 valence electrons. The number of methoxy groups -OCH3 is 1. The van der Waals surface area contributed by atoms with Crippen LogP contribution in [-0.2, 0) is 38.6 Å². The topological polar surface area (TPSA) is 114 Å². The summed E-state index contributed by atoms with van der Waals surface area (Å²) in [4.78, 5) is 21.9. The molecular weight excluding hydrogens is 552 g/mol. The van der Waals surface area contributed by atoms with E-state index in [1.165, 1.54) is 31.5 Å². The number of hydrogen-bond acceptors (Lipinski definition) is 6. The Balaban J connectivity index is 1.26. The van der Waals surface area contributed by atoms with Gasteiger partial charge in [0, 0.05) is 47.7 Å². The number of sulfone groups is 1. The van der Waals surface area contributed by atoms with Gasteiger partial charge in [-0.3, -0.25) is 4.79 Å². The molecule has 0 amide bonds. The SMILES string of the molecule is COC(=O)C1Cc2ccc(Cc3cnc(-c4cc(Oc5c(F)cc6[nH]ccc6c5S(C)(=O)=O)ccc4F)[nH]3)cc2C1.